The molecule has 1 atom stereocenters. The van der Waals surface area contributed by atoms with Gasteiger partial charge in [0.05, 0.1) is 5.41 Å². The van der Waals surface area contributed by atoms with Crippen LogP contribution in [-0.4, -0.2) is 19.4 Å². The first-order valence-electron chi connectivity index (χ1n) is 5.86. The van der Waals surface area contributed by atoms with E-state index in [1.807, 2.05) is 20.8 Å². The number of hydrogen-bond acceptors (Lipinski definition) is 3. The fraction of sp³-hybridized carbons (Fsp3) is 0.923. The van der Waals surface area contributed by atoms with E-state index in [1.54, 1.807) is 7.11 Å². The van der Waals surface area contributed by atoms with Crippen molar-refractivity contribution in [3.8, 4) is 0 Å². The maximum absolute atomic E-state index is 11.8. The summed E-state index contributed by atoms with van der Waals surface area (Å²) >= 11 is 0. The molecule has 0 N–H and O–H groups in total. The molecule has 3 heteroatoms. The molecule has 1 unspecified atom stereocenters. The second-order valence-corrected chi connectivity index (χ2v) is 6.07. The van der Waals surface area contributed by atoms with Crippen LogP contribution in [0, 0.1) is 10.8 Å². The highest BCUT2D eigenvalue weighted by Crippen LogP contribution is 2.26. The van der Waals surface area contributed by atoms with Crippen molar-refractivity contribution in [2.75, 3.05) is 7.11 Å². The van der Waals surface area contributed by atoms with Crippen molar-refractivity contribution in [2.45, 2.75) is 60.7 Å². The minimum Gasteiger partial charge on any atom is -0.435 e. The van der Waals surface area contributed by atoms with Crippen LogP contribution in [-0.2, 0) is 14.3 Å². The number of ether oxygens (including phenoxy) is 2. The van der Waals surface area contributed by atoms with Crippen LogP contribution in [0.4, 0.5) is 0 Å². The fourth-order valence-electron chi connectivity index (χ4n) is 1.10. The van der Waals surface area contributed by atoms with Gasteiger partial charge in [0.2, 0.25) is 6.29 Å². The summed E-state index contributed by atoms with van der Waals surface area (Å²) in [6.07, 6.45) is 1.02. The molecule has 0 aliphatic rings. The fourth-order valence-corrected chi connectivity index (χ4v) is 1.10. The number of esters is 1. The zero-order chi connectivity index (χ0) is 13.0. The maximum atomic E-state index is 11.8. The Balaban J connectivity index is 4.39. The summed E-state index contributed by atoms with van der Waals surface area (Å²) in [5.41, 5.74) is -0.355. The van der Waals surface area contributed by atoms with E-state index in [4.69, 9.17) is 9.47 Å². The average Bonchev–Trinajstić information content (AvgIpc) is 2.14. The van der Waals surface area contributed by atoms with Crippen molar-refractivity contribution in [1.29, 1.82) is 0 Å². The minimum absolute atomic E-state index is 0.0807. The molecule has 0 aliphatic heterocycles. The predicted octanol–water partition coefficient (Wildman–Crippen LogP) is 3.37. The van der Waals surface area contributed by atoms with Crippen molar-refractivity contribution in [3.05, 3.63) is 0 Å². The third kappa shape index (κ3) is 5.50. The molecule has 0 spiro atoms. The SMILES string of the molecule is CCC(C)(C)C(=O)OC(CC(C)(C)C)OC. The van der Waals surface area contributed by atoms with E-state index < -0.39 is 11.7 Å². The summed E-state index contributed by atoms with van der Waals surface area (Å²) in [5.74, 6) is -0.189. The second-order valence-electron chi connectivity index (χ2n) is 6.07. The minimum atomic E-state index is -0.446. The van der Waals surface area contributed by atoms with E-state index in [9.17, 15) is 4.79 Å². The molecule has 0 fully saturated rings. The van der Waals surface area contributed by atoms with Crippen LogP contribution < -0.4 is 0 Å². The topological polar surface area (TPSA) is 35.5 Å². The van der Waals surface area contributed by atoms with E-state index in [-0.39, 0.29) is 11.4 Å². The zero-order valence-corrected chi connectivity index (χ0v) is 11.7. The molecule has 0 aromatic rings. The van der Waals surface area contributed by atoms with Crippen molar-refractivity contribution in [3.63, 3.8) is 0 Å². The van der Waals surface area contributed by atoms with Crippen LogP contribution in [0.2, 0.25) is 0 Å². The van der Waals surface area contributed by atoms with E-state index in [2.05, 4.69) is 20.8 Å². The number of carbonyl (C=O) groups excluding carboxylic acids is 1. The van der Waals surface area contributed by atoms with Crippen molar-refractivity contribution in [1.82, 2.24) is 0 Å². The third-order valence-corrected chi connectivity index (χ3v) is 2.72. The Bertz CT molecular complexity index is 226. The number of hydrogen-bond donors (Lipinski definition) is 0. The molecule has 0 saturated carbocycles. The summed E-state index contributed by atoms with van der Waals surface area (Å²) in [4.78, 5) is 11.8. The highest BCUT2D eigenvalue weighted by Gasteiger charge is 2.31. The van der Waals surface area contributed by atoms with Gasteiger partial charge in [0.1, 0.15) is 0 Å². The summed E-state index contributed by atoms with van der Waals surface area (Å²) in [6.45, 7) is 12.0. The van der Waals surface area contributed by atoms with Gasteiger partial charge in [0, 0.05) is 13.5 Å². The molecule has 0 radical (unpaired) electrons. The van der Waals surface area contributed by atoms with Gasteiger partial charge < -0.3 is 9.47 Å². The Hall–Kier alpha value is -0.570. The molecule has 3 nitrogen and oxygen atoms in total. The van der Waals surface area contributed by atoms with Crippen molar-refractivity contribution in [2.24, 2.45) is 10.8 Å². The molecule has 96 valence electrons. The predicted molar refractivity (Wildman–Crippen MR) is 65.0 cm³/mol. The van der Waals surface area contributed by atoms with Gasteiger partial charge in [-0.15, -0.1) is 0 Å². The van der Waals surface area contributed by atoms with Crippen LogP contribution in [0.15, 0.2) is 0 Å². The van der Waals surface area contributed by atoms with Gasteiger partial charge in [0.25, 0.3) is 0 Å². The molecule has 16 heavy (non-hydrogen) atoms. The van der Waals surface area contributed by atoms with E-state index in [1.165, 1.54) is 0 Å². The molecule has 0 aromatic carbocycles. The van der Waals surface area contributed by atoms with Gasteiger partial charge in [-0.2, -0.15) is 0 Å². The normalized spacial score (nSPS) is 14.7. The Labute approximate surface area is 99.5 Å². The molecule has 0 heterocycles. The molecule has 0 bridgehead atoms. The van der Waals surface area contributed by atoms with Gasteiger partial charge >= 0.3 is 5.97 Å². The molecule has 0 saturated heterocycles. The van der Waals surface area contributed by atoms with Gasteiger partial charge in [-0.1, -0.05) is 27.7 Å². The standard InChI is InChI=1S/C13H26O3/c1-8-13(5,6)11(14)16-10(15-7)9-12(2,3)4/h10H,8-9H2,1-7H3. The summed E-state index contributed by atoms with van der Waals surface area (Å²) in [6, 6.07) is 0. The lowest BCUT2D eigenvalue weighted by Gasteiger charge is -2.28. The van der Waals surface area contributed by atoms with Crippen LogP contribution >= 0.6 is 0 Å². The second kappa shape index (κ2) is 5.67. The molecule has 0 rings (SSSR count). The molecular formula is C13H26O3. The first-order chi connectivity index (χ1) is 7.12. The van der Waals surface area contributed by atoms with Gasteiger partial charge in [-0.25, -0.2) is 0 Å². The highest BCUT2D eigenvalue weighted by molar-refractivity contribution is 5.75. The van der Waals surface area contributed by atoms with Crippen LogP contribution in [0.25, 0.3) is 0 Å². The van der Waals surface area contributed by atoms with Crippen molar-refractivity contribution < 1.29 is 14.3 Å². The summed E-state index contributed by atoms with van der Waals surface area (Å²) in [5, 5.41) is 0. The van der Waals surface area contributed by atoms with E-state index in [0.717, 1.165) is 6.42 Å². The van der Waals surface area contributed by atoms with Gasteiger partial charge in [-0.05, 0) is 25.7 Å². The van der Waals surface area contributed by atoms with Gasteiger partial charge in [0.15, 0.2) is 0 Å². The average molecular weight is 230 g/mol. The molecule has 0 aromatic heterocycles. The summed E-state index contributed by atoms with van der Waals surface area (Å²) in [7, 11) is 1.57. The van der Waals surface area contributed by atoms with Crippen LogP contribution in [0.5, 0.6) is 0 Å². The Kier molecular flexibility index (Phi) is 5.47. The van der Waals surface area contributed by atoms with Gasteiger partial charge in [-0.3, -0.25) is 4.79 Å². The lowest BCUT2D eigenvalue weighted by atomic mass is 9.90. The Morgan fingerprint density at radius 3 is 2.00 bits per heavy atom. The molecule has 0 aliphatic carbocycles. The van der Waals surface area contributed by atoms with Crippen LogP contribution in [0.1, 0.15) is 54.4 Å². The van der Waals surface area contributed by atoms with E-state index >= 15 is 0 Å². The third-order valence-electron chi connectivity index (χ3n) is 2.72. The lowest BCUT2D eigenvalue weighted by molar-refractivity contribution is -0.188. The van der Waals surface area contributed by atoms with E-state index in [0.29, 0.717) is 6.42 Å². The monoisotopic (exact) mass is 230 g/mol. The lowest BCUT2D eigenvalue weighted by Crippen LogP contribution is -2.33. The number of carbonyl (C=O) groups is 1. The Morgan fingerprint density at radius 2 is 1.69 bits per heavy atom. The first-order valence-corrected chi connectivity index (χ1v) is 5.86. The number of rotatable bonds is 5. The molecular weight excluding hydrogens is 204 g/mol. The van der Waals surface area contributed by atoms with Crippen molar-refractivity contribution >= 4 is 5.97 Å². The number of methoxy groups -OCH3 is 1. The quantitative estimate of drug-likeness (QED) is 0.536. The van der Waals surface area contributed by atoms with Crippen LogP contribution in [0.3, 0.4) is 0 Å². The highest BCUT2D eigenvalue weighted by atomic mass is 16.7. The maximum Gasteiger partial charge on any atom is 0.313 e. The summed E-state index contributed by atoms with van der Waals surface area (Å²) < 4.78 is 10.6. The Morgan fingerprint density at radius 1 is 1.19 bits per heavy atom. The largest absolute Gasteiger partial charge is 0.435 e. The zero-order valence-electron chi connectivity index (χ0n) is 11.7. The first kappa shape index (κ1) is 15.4. The molecule has 0 amide bonds. The smallest absolute Gasteiger partial charge is 0.313 e.